The van der Waals surface area contributed by atoms with Gasteiger partial charge in [-0.05, 0) is 77.0 Å². The number of allylic oxidation sites excluding steroid dienone is 6. The summed E-state index contributed by atoms with van der Waals surface area (Å²) in [6, 6.07) is 0. The van der Waals surface area contributed by atoms with Gasteiger partial charge in [0, 0.05) is 0 Å². The maximum atomic E-state index is 13.2. The highest BCUT2D eigenvalue weighted by atomic mass is 16.5. The van der Waals surface area contributed by atoms with Crippen LogP contribution in [0.4, 0.5) is 0 Å². The number of unbranched alkanes of at least 4 members (excludes halogenated alkanes) is 33. The summed E-state index contributed by atoms with van der Waals surface area (Å²) in [5, 5.41) is 0. The average Bonchev–Trinajstić information content (AvgIpc) is 3.28. The van der Waals surface area contributed by atoms with Crippen LogP contribution < -0.4 is 0 Å². The number of carbonyl (C=O) groups is 3. The first-order valence-corrected chi connectivity index (χ1v) is 27.5. The van der Waals surface area contributed by atoms with Crippen molar-refractivity contribution < 1.29 is 28.6 Å². The second kappa shape index (κ2) is 52.3. The molecule has 1 unspecified atom stereocenters. The molecule has 0 aliphatic heterocycles. The third-order valence-electron chi connectivity index (χ3n) is 12.2. The highest BCUT2D eigenvalue weighted by Crippen LogP contribution is 2.17. The topological polar surface area (TPSA) is 78.9 Å². The van der Waals surface area contributed by atoms with Crippen molar-refractivity contribution in [3.05, 3.63) is 36.5 Å². The summed E-state index contributed by atoms with van der Waals surface area (Å²) in [5.41, 5.74) is 0. The molecule has 0 aliphatic carbocycles. The van der Waals surface area contributed by atoms with Gasteiger partial charge in [0.2, 0.25) is 0 Å². The van der Waals surface area contributed by atoms with E-state index in [2.05, 4.69) is 57.2 Å². The summed E-state index contributed by atoms with van der Waals surface area (Å²) in [4.78, 5) is 38.8. The van der Waals surface area contributed by atoms with E-state index in [0.717, 1.165) is 83.5 Å². The van der Waals surface area contributed by atoms with Crippen LogP contribution in [0.5, 0.6) is 0 Å². The molecule has 63 heavy (non-hydrogen) atoms. The normalized spacial score (nSPS) is 12.2. The van der Waals surface area contributed by atoms with Gasteiger partial charge in [-0.1, -0.05) is 231 Å². The quantitative estimate of drug-likeness (QED) is 0.0262. The van der Waals surface area contributed by atoms with Crippen LogP contribution in [0.2, 0.25) is 0 Å². The fourth-order valence-corrected chi connectivity index (χ4v) is 7.98. The number of carbonyl (C=O) groups excluding carboxylic acids is 3. The molecule has 0 aliphatic rings. The molecule has 6 heteroatoms. The van der Waals surface area contributed by atoms with Crippen LogP contribution in [0.15, 0.2) is 36.5 Å². The van der Waals surface area contributed by atoms with E-state index in [1.54, 1.807) is 0 Å². The minimum Gasteiger partial charge on any atom is -0.466 e. The predicted octanol–water partition coefficient (Wildman–Crippen LogP) is 18.0. The van der Waals surface area contributed by atoms with E-state index in [1.165, 1.54) is 167 Å². The molecule has 368 valence electrons. The van der Waals surface area contributed by atoms with Gasteiger partial charge in [-0.3, -0.25) is 14.4 Å². The Hall–Kier alpha value is -2.37. The molecular formula is C57H104O6. The van der Waals surface area contributed by atoms with Crippen molar-refractivity contribution in [3.8, 4) is 0 Å². The highest BCUT2D eigenvalue weighted by molar-refractivity contribution is 5.84. The summed E-state index contributed by atoms with van der Waals surface area (Å²) < 4.78 is 16.7. The van der Waals surface area contributed by atoms with Crippen molar-refractivity contribution in [2.45, 2.75) is 284 Å². The zero-order valence-electron chi connectivity index (χ0n) is 42.1. The van der Waals surface area contributed by atoms with Crippen molar-refractivity contribution in [1.29, 1.82) is 0 Å². The summed E-state index contributed by atoms with van der Waals surface area (Å²) in [6.45, 7) is 7.77. The van der Waals surface area contributed by atoms with E-state index in [4.69, 9.17) is 14.2 Å². The molecular weight excluding hydrogens is 781 g/mol. The van der Waals surface area contributed by atoms with E-state index in [9.17, 15) is 14.4 Å². The lowest BCUT2D eigenvalue weighted by molar-refractivity contribution is -0.159. The molecule has 0 aromatic carbocycles. The van der Waals surface area contributed by atoms with E-state index < -0.39 is 23.8 Å². The molecule has 0 aromatic rings. The first-order valence-electron chi connectivity index (χ1n) is 27.5. The van der Waals surface area contributed by atoms with E-state index >= 15 is 0 Å². The number of ether oxygens (including phenoxy) is 3. The molecule has 0 N–H and O–H groups in total. The summed E-state index contributed by atoms with van der Waals surface area (Å²) in [6.07, 6.45) is 60.8. The fourth-order valence-electron chi connectivity index (χ4n) is 7.98. The number of rotatable bonds is 50. The van der Waals surface area contributed by atoms with Gasteiger partial charge in [-0.15, -0.1) is 0 Å². The molecule has 0 aromatic heterocycles. The SMILES string of the molecule is CCCCCC=CCC=CCCCCCCCOC(=O)CC(CC(=O)OCCCCCCCCCCCCCCCCC)C(=O)OCCCCCCCC=CCCCCCCCC. The van der Waals surface area contributed by atoms with Crippen molar-refractivity contribution >= 4 is 17.9 Å². The lowest BCUT2D eigenvalue weighted by Gasteiger charge is -2.15. The molecule has 0 saturated heterocycles. The van der Waals surface area contributed by atoms with Crippen molar-refractivity contribution in [3.63, 3.8) is 0 Å². The van der Waals surface area contributed by atoms with Gasteiger partial charge in [0.1, 0.15) is 0 Å². The number of esters is 3. The van der Waals surface area contributed by atoms with Gasteiger partial charge >= 0.3 is 17.9 Å². The summed E-state index contributed by atoms with van der Waals surface area (Å²) in [5.74, 6) is -2.26. The Morgan fingerprint density at radius 2 is 0.571 bits per heavy atom. The standard InChI is InChI=1S/C57H104O6/c1-4-7-10-13-16-19-22-25-28-31-34-37-40-43-46-49-61-55(58)52-54(57(60)63-51-48-45-42-39-36-33-30-27-24-21-18-15-12-9-6-3)53-56(59)62-50-47-44-41-38-35-32-29-26-23-20-17-14-11-8-5-2/h16,19,25,27-28,30,54H,4-15,17-18,20-24,26,29,31-53H2,1-3H3. The summed E-state index contributed by atoms with van der Waals surface area (Å²) >= 11 is 0. The van der Waals surface area contributed by atoms with Crippen LogP contribution >= 0.6 is 0 Å². The smallest absolute Gasteiger partial charge is 0.310 e. The van der Waals surface area contributed by atoms with Crippen LogP contribution in [0, 0.1) is 5.92 Å². The van der Waals surface area contributed by atoms with Crippen LogP contribution in [0.1, 0.15) is 284 Å². The van der Waals surface area contributed by atoms with Crippen LogP contribution in [-0.4, -0.2) is 37.7 Å². The van der Waals surface area contributed by atoms with Crippen LogP contribution in [0.3, 0.4) is 0 Å². The third-order valence-corrected chi connectivity index (χ3v) is 12.2. The van der Waals surface area contributed by atoms with Gasteiger partial charge in [0.05, 0.1) is 38.6 Å². The Labute approximate surface area is 391 Å². The van der Waals surface area contributed by atoms with Crippen molar-refractivity contribution in [1.82, 2.24) is 0 Å². The molecule has 0 saturated carbocycles. The molecule has 0 amide bonds. The van der Waals surface area contributed by atoms with Gasteiger partial charge in [-0.2, -0.15) is 0 Å². The van der Waals surface area contributed by atoms with E-state index in [0.29, 0.717) is 19.8 Å². The zero-order chi connectivity index (χ0) is 45.8. The first-order chi connectivity index (χ1) is 31.0. The fraction of sp³-hybridized carbons (Fsp3) is 0.842. The maximum absolute atomic E-state index is 13.2. The maximum Gasteiger partial charge on any atom is 0.310 e. The molecule has 1 atom stereocenters. The lowest BCUT2D eigenvalue weighted by Crippen LogP contribution is -2.26. The molecule has 0 fully saturated rings. The minimum absolute atomic E-state index is 0.150. The Morgan fingerprint density at radius 3 is 0.921 bits per heavy atom. The minimum atomic E-state index is -0.876. The Kier molecular flexibility index (Phi) is 50.3. The lowest BCUT2D eigenvalue weighted by atomic mass is 10.0. The molecule has 0 heterocycles. The van der Waals surface area contributed by atoms with E-state index in [1.807, 2.05) is 0 Å². The third kappa shape index (κ3) is 48.9. The van der Waals surface area contributed by atoms with E-state index in [-0.39, 0.29) is 12.8 Å². The molecule has 0 bridgehead atoms. The van der Waals surface area contributed by atoms with Crippen LogP contribution in [0.25, 0.3) is 0 Å². The van der Waals surface area contributed by atoms with Gasteiger partial charge in [0.15, 0.2) is 0 Å². The first kappa shape index (κ1) is 60.6. The monoisotopic (exact) mass is 885 g/mol. The van der Waals surface area contributed by atoms with Gasteiger partial charge in [0.25, 0.3) is 0 Å². The second-order valence-corrected chi connectivity index (χ2v) is 18.5. The Balaban J connectivity index is 4.40. The van der Waals surface area contributed by atoms with Crippen LogP contribution in [-0.2, 0) is 28.6 Å². The molecule has 6 nitrogen and oxygen atoms in total. The Morgan fingerprint density at radius 1 is 0.317 bits per heavy atom. The number of hydrogen-bond donors (Lipinski definition) is 0. The average molecular weight is 885 g/mol. The van der Waals surface area contributed by atoms with Gasteiger partial charge < -0.3 is 14.2 Å². The highest BCUT2D eigenvalue weighted by Gasteiger charge is 2.28. The van der Waals surface area contributed by atoms with Crippen molar-refractivity contribution in [2.24, 2.45) is 5.92 Å². The van der Waals surface area contributed by atoms with Gasteiger partial charge in [-0.25, -0.2) is 0 Å². The number of hydrogen-bond acceptors (Lipinski definition) is 6. The molecule has 0 spiro atoms. The molecule has 0 rings (SSSR count). The largest absolute Gasteiger partial charge is 0.466 e. The Bertz CT molecular complexity index is 1060. The second-order valence-electron chi connectivity index (χ2n) is 18.5. The zero-order valence-corrected chi connectivity index (χ0v) is 42.1. The predicted molar refractivity (Wildman–Crippen MR) is 270 cm³/mol. The van der Waals surface area contributed by atoms with Crippen molar-refractivity contribution in [2.75, 3.05) is 19.8 Å². The molecule has 0 radical (unpaired) electrons. The summed E-state index contributed by atoms with van der Waals surface area (Å²) in [7, 11) is 0.